The summed E-state index contributed by atoms with van der Waals surface area (Å²) in [7, 11) is 0. The van der Waals surface area contributed by atoms with Crippen LogP contribution in [0.15, 0.2) is 43.0 Å². The summed E-state index contributed by atoms with van der Waals surface area (Å²) in [6, 6.07) is 13.4. The van der Waals surface area contributed by atoms with Crippen molar-refractivity contribution in [2.24, 2.45) is 0 Å². The van der Waals surface area contributed by atoms with Crippen molar-refractivity contribution in [2.75, 3.05) is 0 Å². The third-order valence-corrected chi connectivity index (χ3v) is 4.48. The molecule has 0 spiro atoms. The zero-order chi connectivity index (χ0) is 15.6. The van der Waals surface area contributed by atoms with Gasteiger partial charge in [-0.05, 0) is 40.8 Å². The molecule has 2 aromatic rings. The predicted molar refractivity (Wildman–Crippen MR) is 100 cm³/mol. The van der Waals surface area contributed by atoms with Crippen molar-refractivity contribution in [3.05, 3.63) is 54.1 Å². The first-order valence-corrected chi connectivity index (χ1v) is 8.98. The van der Waals surface area contributed by atoms with Crippen molar-refractivity contribution in [2.45, 2.75) is 64.7 Å². The fraction of sp³-hybridized carbons (Fsp3) is 0.455. The van der Waals surface area contributed by atoms with Gasteiger partial charge in [0.1, 0.15) is 0 Å². The van der Waals surface area contributed by atoms with Gasteiger partial charge in [0.05, 0.1) is 0 Å². The lowest BCUT2D eigenvalue weighted by Gasteiger charge is -2.05. The van der Waals surface area contributed by atoms with E-state index in [0.29, 0.717) is 0 Å². The number of hydrogen-bond donors (Lipinski definition) is 0. The largest absolute Gasteiger partial charge is 0.0985 e. The van der Waals surface area contributed by atoms with Gasteiger partial charge in [0, 0.05) is 0 Å². The maximum absolute atomic E-state index is 3.86. The first kappa shape index (κ1) is 16.8. The molecule has 2 aromatic carbocycles. The Bertz CT molecular complexity index is 580. The minimum absolute atomic E-state index is 1.21. The molecule has 0 aliphatic carbocycles. The SMILES string of the molecule is C=Cc1ccc2ccc(CCCCCCCCCC)cc2c1. The number of rotatable bonds is 10. The Morgan fingerprint density at radius 1 is 0.773 bits per heavy atom. The van der Waals surface area contributed by atoms with Crippen LogP contribution < -0.4 is 0 Å². The van der Waals surface area contributed by atoms with Crippen molar-refractivity contribution >= 4 is 16.8 Å². The topological polar surface area (TPSA) is 0 Å². The minimum Gasteiger partial charge on any atom is -0.0985 e. The zero-order valence-electron chi connectivity index (χ0n) is 14.1. The van der Waals surface area contributed by atoms with Gasteiger partial charge >= 0.3 is 0 Å². The molecule has 0 atom stereocenters. The van der Waals surface area contributed by atoms with E-state index in [1.165, 1.54) is 79.7 Å². The quantitative estimate of drug-likeness (QED) is 0.407. The first-order chi connectivity index (χ1) is 10.8. The second kappa shape index (κ2) is 9.46. The molecule has 118 valence electrons. The fourth-order valence-corrected chi connectivity index (χ4v) is 3.06. The lowest BCUT2D eigenvalue weighted by atomic mass is 10.00. The smallest absolute Gasteiger partial charge is 0.0175 e. The summed E-state index contributed by atoms with van der Waals surface area (Å²) in [4.78, 5) is 0. The molecular weight excluding hydrogens is 264 g/mol. The molecule has 0 aromatic heterocycles. The second-order valence-corrected chi connectivity index (χ2v) is 6.37. The van der Waals surface area contributed by atoms with Crippen molar-refractivity contribution in [1.82, 2.24) is 0 Å². The van der Waals surface area contributed by atoms with Gasteiger partial charge in [0.25, 0.3) is 0 Å². The van der Waals surface area contributed by atoms with E-state index in [9.17, 15) is 0 Å². The van der Waals surface area contributed by atoms with Crippen LogP contribution in [0.5, 0.6) is 0 Å². The molecule has 0 fully saturated rings. The highest BCUT2D eigenvalue weighted by molar-refractivity contribution is 5.85. The van der Waals surface area contributed by atoms with Gasteiger partial charge in [-0.25, -0.2) is 0 Å². The molecule has 0 aliphatic rings. The van der Waals surface area contributed by atoms with Gasteiger partial charge in [-0.1, -0.05) is 94.9 Å². The highest BCUT2D eigenvalue weighted by Crippen LogP contribution is 2.20. The molecule has 2 rings (SSSR count). The molecule has 0 N–H and O–H groups in total. The zero-order valence-corrected chi connectivity index (χ0v) is 14.1. The predicted octanol–water partition coefficient (Wildman–Crippen LogP) is 7.17. The van der Waals surface area contributed by atoms with Crippen LogP contribution in [0.25, 0.3) is 16.8 Å². The minimum atomic E-state index is 1.21. The summed E-state index contributed by atoms with van der Waals surface area (Å²) < 4.78 is 0. The lowest BCUT2D eigenvalue weighted by molar-refractivity contribution is 0.575. The third-order valence-electron chi connectivity index (χ3n) is 4.48. The Hall–Kier alpha value is -1.56. The van der Waals surface area contributed by atoms with Crippen molar-refractivity contribution in [3.8, 4) is 0 Å². The van der Waals surface area contributed by atoms with Crippen LogP contribution in [0, 0.1) is 0 Å². The summed E-state index contributed by atoms with van der Waals surface area (Å²) in [5, 5.41) is 2.67. The van der Waals surface area contributed by atoms with Crippen LogP contribution in [-0.4, -0.2) is 0 Å². The lowest BCUT2D eigenvalue weighted by Crippen LogP contribution is -1.87. The van der Waals surface area contributed by atoms with E-state index < -0.39 is 0 Å². The number of unbranched alkanes of at least 4 members (excludes halogenated alkanes) is 7. The van der Waals surface area contributed by atoms with Crippen LogP contribution in [-0.2, 0) is 6.42 Å². The van der Waals surface area contributed by atoms with E-state index in [1.54, 1.807) is 0 Å². The van der Waals surface area contributed by atoms with E-state index in [2.05, 4.69) is 49.9 Å². The average molecular weight is 294 g/mol. The van der Waals surface area contributed by atoms with Crippen LogP contribution in [0.3, 0.4) is 0 Å². The molecule has 0 saturated heterocycles. The van der Waals surface area contributed by atoms with Gasteiger partial charge in [0.15, 0.2) is 0 Å². The Morgan fingerprint density at radius 3 is 2.18 bits per heavy atom. The Morgan fingerprint density at radius 2 is 1.45 bits per heavy atom. The van der Waals surface area contributed by atoms with Crippen molar-refractivity contribution in [3.63, 3.8) is 0 Å². The summed E-state index contributed by atoms with van der Waals surface area (Å²) in [6.07, 6.45) is 14.2. The van der Waals surface area contributed by atoms with Gasteiger partial charge < -0.3 is 0 Å². The molecule has 0 unspecified atom stereocenters. The summed E-state index contributed by atoms with van der Waals surface area (Å²) in [5.41, 5.74) is 2.68. The van der Waals surface area contributed by atoms with Crippen LogP contribution in [0.4, 0.5) is 0 Å². The molecule has 0 radical (unpaired) electrons. The van der Waals surface area contributed by atoms with Crippen LogP contribution in [0.2, 0.25) is 0 Å². The van der Waals surface area contributed by atoms with E-state index >= 15 is 0 Å². The molecule has 0 heteroatoms. The van der Waals surface area contributed by atoms with Crippen molar-refractivity contribution in [1.29, 1.82) is 0 Å². The highest BCUT2D eigenvalue weighted by atomic mass is 14.0. The van der Waals surface area contributed by atoms with E-state index in [-0.39, 0.29) is 0 Å². The molecule has 0 heterocycles. The summed E-state index contributed by atoms with van der Waals surface area (Å²) >= 11 is 0. The number of fused-ring (bicyclic) bond motifs is 1. The third kappa shape index (κ3) is 5.33. The van der Waals surface area contributed by atoms with Crippen LogP contribution in [0.1, 0.15) is 69.4 Å². The Balaban J connectivity index is 1.76. The number of hydrogen-bond acceptors (Lipinski definition) is 0. The van der Waals surface area contributed by atoms with Crippen molar-refractivity contribution < 1.29 is 0 Å². The second-order valence-electron chi connectivity index (χ2n) is 6.37. The molecule has 0 aliphatic heterocycles. The summed E-state index contributed by atoms with van der Waals surface area (Å²) in [6.45, 7) is 6.14. The van der Waals surface area contributed by atoms with E-state index in [4.69, 9.17) is 0 Å². The van der Waals surface area contributed by atoms with E-state index in [1.807, 2.05) is 6.08 Å². The maximum Gasteiger partial charge on any atom is -0.0175 e. The fourth-order valence-electron chi connectivity index (χ4n) is 3.06. The Labute approximate surface area is 136 Å². The first-order valence-electron chi connectivity index (χ1n) is 8.98. The van der Waals surface area contributed by atoms with Gasteiger partial charge in [-0.2, -0.15) is 0 Å². The molecule has 0 saturated carbocycles. The Kier molecular flexibility index (Phi) is 7.22. The normalized spacial score (nSPS) is 11.0. The van der Waals surface area contributed by atoms with Gasteiger partial charge in [-0.15, -0.1) is 0 Å². The molecule has 0 nitrogen and oxygen atoms in total. The van der Waals surface area contributed by atoms with Gasteiger partial charge in [-0.3, -0.25) is 0 Å². The van der Waals surface area contributed by atoms with Crippen LogP contribution >= 0.6 is 0 Å². The van der Waals surface area contributed by atoms with E-state index in [0.717, 1.165) is 0 Å². The maximum atomic E-state index is 3.86. The average Bonchev–Trinajstić information content (AvgIpc) is 2.56. The molecule has 22 heavy (non-hydrogen) atoms. The number of aryl methyl sites for hydroxylation is 1. The summed E-state index contributed by atoms with van der Waals surface area (Å²) in [5.74, 6) is 0. The standard InChI is InChI=1S/C22H30/c1-3-5-6-7-8-9-10-11-12-20-14-16-21-15-13-19(4-2)17-22(21)18-20/h4,13-18H,2-3,5-12H2,1H3. The monoisotopic (exact) mass is 294 g/mol. The molecular formula is C22H30. The van der Waals surface area contributed by atoms with Gasteiger partial charge in [0.2, 0.25) is 0 Å². The molecule has 0 amide bonds. The molecule has 0 bridgehead atoms. The highest BCUT2D eigenvalue weighted by Gasteiger charge is 1.99. The number of benzene rings is 2.